The summed E-state index contributed by atoms with van der Waals surface area (Å²) in [6, 6.07) is 0. The summed E-state index contributed by atoms with van der Waals surface area (Å²) < 4.78 is 17.8. The van der Waals surface area contributed by atoms with Gasteiger partial charge in [-0.25, -0.2) is 4.79 Å². The minimum atomic E-state index is -1.73. The van der Waals surface area contributed by atoms with Crippen molar-refractivity contribution in [3.63, 3.8) is 0 Å². The van der Waals surface area contributed by atoms with E-state index in [1.54, 1.807) is 6.08 Å². The Morgan fingerprint density at radius 1 is 1.38 bits per heavy atom. The van der Waals surface area contributed by atoms with Crippen LogP contribution in [0.2, 0.25) is 0 Å². The fraction of sp³-hybridized carbons (Fsp3) is 0.800. The minimum Gasteiger partial charge on any atom is -0.478 e. The average Bonchev–Trinajstić information content (AvgIpc) is 2.38. The van der Waals surface area contributed by atoms with Crippen LogP contribution in [-0.2, 0) is 14.1 Å². The van der Waals surface area contributed by atoms with E-state index in [9.17, 15) is 14.5 Å². The molecule has 122 valence electrons. The second-order valence-corrected chi connectivity index (χ2v) is 7.30. The largest absolute Gasteiger partial charge is 0.478 e. The Balaban J connectivity index is 4.64. The van der Waals surface area contributed by atoms with Gasteiger partial charge in [0.05, 0.1) is 5.57 Å². The molecule has 0 radical (unpaired) electrons. The molecule has 21 heavy (non-hydrogen) atoms. The van der Waals surface area contributed by atoms with E-state index < -0.39 is 13.8 Å². The van der Waals surface area contributed by atoms with E-state index in [1.807, 2.05) is 34.9 Å². The van der Waals surface area contributed by atoms with Crippen LogP contribution in [0.3, 0.4) is 0 Å². The number of rotatable bonds is 11. The van der Waals surface area contributed by atoms with Crippen LogP contribution in [0.1, 0.15) is 33.6 Å². The predicted octanol–water partition coefficient (Wildman–Crippen LogP) is 3.19. The lowest BCUT2D eigenvalue weighted by Gasteiger charge is -2.11. The van der Waals surface area contributed by atoms with Gasteiger partial charge in [-0.1, -0.05) is 24.5 Å². The predicted molar refractivity (Wildman–Crippen MR) is 86.2 cm³/mol. The molecular formula is C15H29NO4P+. The van der Waals surface area contributed by atoms with Crippen molar-refractivity contribution in [1.29, 1.82) is 0 Å². The molecule has 0 amide bonds. The number of carboxylic acids is 1. The molecule has 0 heterocycles. The Hall–Kier alpha value is -0.770. The molecule has 1 N–H and O–H groups in total. The van der Waals surface area contributed by atoms with E-state index >= 15 is 0 Å². The second-order valence-electron chi connectivity index (χ2n) is 5.65. The van der Waals surface area contributed by atoms with E-state index in [1.165, 1.54) is 0 Å². The molecule has 0 saturated heterocycles. The van der Waals surface area contributed by atoms with E-state index in [0.717, 1.165) is 13.0 Å². The number of hydrogen-bond acceptors (Lipinski definition) is 4. The number of allylic oxidation sites excluding steroid dienone is 1. The molecule has 6 heteroatoms. The zero-order chi connectivity index (χ0) is 16.4. The van der Waals surface area contributed by atoms with Crippen molar-refractivity contribution >= 4 is 13.8 Å². The number of ether oxygens (including phenoxy) is 1. The maximum absolute atomic E-state index is 12.3. The van der Waals surface area contributed by atoms with Gasteiger partial charge >= 0.3 is 13.8 Å². The van der Waals surface area contributed by atoms with Gasteiger partial charge in [0.2, 0.25) is 0 Å². The molecule has 0 spiro atoms. The van der Waals surface area contributed by atoms with Crippen LogP contribution in [0.4, 0.5) is 0 Å². The molecule has 0 aliphatic rings. The molecule has 2 atom stereocenters. The highest BCUT2D eigenvalue weighted by Crippen LogP contribution is 2.36. The Labute approximate surface area is 129 Å². The maximum atomic E-state index is 12.3. The molecule has 0 aliphatic heterocycles. The van der Waals surface area contributed by atoms with Crippen molar-refractivity contribution in [3.05, 3.63) is 11.6 Å². The summed E-state index contributed by atoms with van der Waals surface area (Å²) >= 11 is 0. The van der Waals surface area contributed by atoms with Crippen molar-refractivity contribution < 1.29 is 19.2 Å². The zero-order valence-corrected chi connectivity index (χ0v) is 14.7. The third-order valence-electron chi connectivity index (χ3n) is 2.99. The highest BCUT2D eigenvalue weighted by atomic mass is 31.1. The molecule has 0 aromatic rings. The fourth-order valence-corrected chi connectivity index (χ4v) is 3.70. The standard InChI is InChI=1S/C15H28NO4P/c1-6-20-15(12(2)3)21(19)11-13(14(17)18)9-7-8-10-16(4)5/h9,12,15H,6-8,10-11H2,1-5H3/p+1. The highest BCUT2D eigenvalue weighted by molar-refractivity contribution is 7.45. The number of aliphatic carboxylic acids is 1. The lowest BCUT2D eigenvalue weighted by Crippen LogP contribution is -2.18. The molecule has 0 fully saturated rings. The van der Waals surface area contributed by atoms with Crippen LogP contribution in [0, 0.1) is 5.92 Å². The van der Waals surface area contributed by atoms with Crippen LogP contribution in [0.5, 0.6) is 0 Å². The van der Waals surface area contributed by atoms with Gasteiger partial charge in [0.15, 0.2) is 6.16 Å². The highest BCUT2D eigenvalue weighted by Gasteiger charge is 2.35. The summed E-state index contributed by atoms with van der Waals surface area (Å²) in [6.07, 6.45) is 3.35. The maximum Gasteiger partial charge on any atom is 0.375 e. The van der Waals surface area contributed by atoms with Gasteiger partial charge < -0.3 is 14.7 Å². The first-order chi connectivity index (χ1) is 9.79. The molecule has 0 aromatic heterocycles. The van der Waals surface area contributed by atoms with E-state index in [4.69, 9.17) is 4.74 Å². The van der Waals surface area contributed by atoms with Gasteiger partial charge in [-0.2, -0.15) is 0 Å². The Morgan fingerprint density at radius 2 is 2.00 bits per heavy atom. The number of carboxylic acid groups (broad SMARTS) is 1. The van der Waals surface area contributed by atoms with Crippen LogP contribution in [0.25, 0.3) is 0 Å². The van der Waals surface area contributed by atoms with Crippen LogP contribution < -0.4 is 0 Å². The second kappa shape index (κ2) is 10.9. The Bertz CT molecular complexity index is 367. The Morgan fingerprint density at radius 3 is 2.43 bits per heavy atom. The van der Waals surface area contributed by atoms with Gasteiger partial charge in [-0.15, -0.1) is 0 Å². The fourth-order valence-electron chi connectivity index (χ4n) is 1.94. The van der Waals surface area contributed by atoms with Crippen LogP contribution >= 0.6 is 7.80 Å². The molecule has 2 unspecified atom stereocenters. The van der Waals surface area contributed by atoms with Gasteiger partial charge in [0.1, 0.15) is 0 Å². The number of hydrogen-bond donors (Lipinski definition) is 1. The molecule has 0 aromatic carbocycles. The Kier molecular flexibility index (Phi) is 10.5. The number of nitrogens with zero attached hydrogens (tertiary/aromatic N) is 1. The quantitative estimate of drug-likeness (QED) is 0.360. The van der Waals surface area contributed by atoms with E-state index in [2.05, 4.69) is 4.90 Å². The molecular weight excluding hydrogens is 289 g/mol. The van der Waals surface area contributed by atoms with Crippen molar-refractivity contribution in [2.75, 3.05) is 33.4 Å². The average molecular weight is 318 g/mol. The third-order valence-corrected chi connectivity index (χ3v) is 4.96. The monoisotopic (exact) mass is 318 g/mol. The molecule has 0 bridgehead atoms. The van der Waals surface area contributed by atoms with Crippen LogP contribution in [-0.4, -0.2) is 55.2 Å². The van der Waals surface area contributed by atoms with Gasteiger partial charge in [0, 0.05) is 12.5 Å². The van der Waals surface area contributed by atoms with Crippen molar-refractivity contribution in [2.45, 2.75) is 39.5 Å². The summed E-state index contributed by atoms with van der Waals surface area (Å²) in [7, 11) is 2.23. The minimum absolute atomic E-state index is 0.0788. The van der Waals surface area contributed by atoms with E-state index in [-0.39, 0.29) is 23.5 Å². The van der Waals surface area contributed by atoms with Crippen LogP contribution in [0.15, 0.2) is 11.6 Å². The van der Waals surface area contributed by atoms with Crippen molar-refractivity contribution in [1.82, 2.24) is 4.90 Å². The molecule has 0 aliphatic carbocycles. The summed E-state index contributed by atoms with van der Waals surface area (Å²) in [4.78, 5) is 13.3. The van der Waals surface area contributed by atoms with Crippen molar-refractivity contribution in [2.24, 2.45) is 5.92 Å². The summed E-state index contributed by atoms with van der Waals surface area (Å²) in [6.45, 7) is 7.12. The summed E-state index contributed by atoms with van der Waals surface area (Å²) in [5, 5.41) is 9.23. The molecule has 5 nitrogen and oxygen atoms in total. The number of carbonyl (C=O) groups is 1. The van der Waals surface area contributed by atoms with Gasteiger partial charge in [-0.05, 0) is 40.4 Å². The lowest BCUT2D eigenvalue weighted by atomic mass is 10.2. The van der Waals surface area contributed by atoms with Crippen molar-refractivity contribution in [3.8, 4) is 0 Å². The first kappa shape index (κ1) is 20.2. The first-order valence-electron chi connectivity index (χ1n) is 7.42. The van der Waals surface area contributed by atoms with Gasteiger partial charge in [-0.3, -0.25) is 0 Å². The first-order valence-corrected chi connectivity index (χ1v) is 8.93. The van der Waals surface area contributed by atoms with Gasteiger partial charge in [0.25, 0.3) is 5.85 Å². The third kappa shape index (κ3) is 8.97. The lowest BCUT2D eigenvalue weighted by molar-refractivity contribution is -0.132. The normalized spacial score (nSPS) is 14.6. The zero-order valence-electron chi connectivity index (χ0n) is 13.8. The summed E-state index contributed by atoms with van der Waals surface area (Å²) in [5.74, 6) is -1.26. The molecule has 0 saturated carbocycles. The van der Waals surface area contributed by atoms with E-state index in [0.29, 0.717) is 13.0 Å². The summed E-state index contributed by atoms with van der Waals surface area (Å²) in [5.41, 5.74) is 0.236. The number of unbranched alkanes of at least 4 members (excludes halogenated alkanes) is 1. The smallest absolute Gasteiger partial charge is 0.375 e. The molecule has 0 rings (SSSR count). The topological polar surface area (TPSA) is 66.8 Å². The SMILES string of the molecule is CCOC(C(C)C)[P+](=O)CC(=CCCCN(C)C)C(=O)O.